The van der Waals surface area contributed by atoms with Crippen LogP contribution >= 0.6 is 0 Å². The van der Waals surface area contributed by atoms with Gasteiger partial charge in [-0.3, -0.25) is 0 Å². The number of methoxy groups -OCH3 is 1. The number of aromatic nitrogens is 4. The lowest BCUT2D eigenvalue weighted by atomic mass is 10.1. The van der Waals surface area contributed by atoms with E-state index in [-0.39, 0.29) is 0 Å². The van der Waals surface area contributed by atoms with Crippen molar-refractivity contribution in [3.05, 3.63) is 5.82 Å². The molecule has 0 aliphatic heterocycles. The van der Waals surface area contributed by atoms with Crippen molar-refractivity contribution in [1.82, 2.24) is 25.5 Å². The Kier molecular flexibility index (Phi) is 6.82. The predicted octanol–water partition coefficient (Wildman–Crippen LogP) is 0.936. The van der Waals surface area contributed by atoms with Crippen molar-refractivity contribution in [2.24, 2.45) is 7.05 Å². The molecular formula is C12H25N5O. The molecule has 0 spiro atoms. The molecule has 0 aliphatic rings. The zero-order valence-corrected chi connectivity index (χ0v) is 11.9. The fraction of sp³-hybridized carbons (Fsp3) is 0.917. The van der Waals surface area contributed by atoms with Crippen molar-refractivity contribution in [2.45, 2.75) is 51.7 Å². The fourth-order valence-electron chi connectivity index (χ4n) is 1.80. The minimum absolute atomic E-state index is 0.297. The monoisotopic (exact) mass is 255 g/mol. The number of tetrazole rings is 1. The van der Waals surface area contributed by atoms with Gasteiger partial charge < -0.3 is 10.1 Å². The molecule has 1 heterocycles. The first kappa shape index (κ1) is 15.0. The summed E-state index contributed by atoms with van der Waals surface area (Å²) < 4.78 is 5.28. The summed E-state index contributed by atoms with van der Waals surface area (Å²) >= 11 is 0. The van der Waals surface area contributed by atoms with Gasteiger partial charge in [-0.15, -0.1) is 10.2 Å². The van der Waals surface area contributed by atoms with Crippen LogP contribution in [0.2, 0.25) is 0 Å². The Labute approximate surface area is 109 Å². The molecule has 0 bridgehead atoms. The summed E-state index contributed by atoms with van der Waals surface area (Å²) in [6.07, 6.45) is 4.35. The van der Waals surface area contributed by atoms with E-state index in [0.29, 0.717) is 12.1 Å². The van der Waals surface area contributed by atoms with Crippen molar-refractivity contribution in [1.29, 1.82) is 0 Å². The first-order chi connectivity index (χ1) is 8.65. The van der Waals surface area contributed by atoms with E-state index in [1.165, 1.54) is 4.80 Å². The van der Waals surface area contributed by atoms with Crippen LogP contribution in [0.1, 0.15) is 38.9 Å². The Morgan fingerprint density at radius 2 is 2.17 bits per heavy atom. The summed E-state index contributed by atoms with van der Waals surface area (Å²) in [5, 5.41) is 15.7. The Morgan fingerprint density at radius 3 is 2.72 bits per heavy atom. The summed E-state index contributed by atoms with van der Waals surface area (Å²) in [5.41, 5.74) is 0. The van der Waals surface area contributed by atoms with Gasteiger partial charge in [0.2, 0.25) is 0 Å². The highest BCUT2D eigenvalue weighted by Crippen LogP contribution is 2.07. The quantitative estimate of drug-likeness (QED) is 0.711. The summed E-state index contributed by atoms with van der Waals surface area (Å²) in [7, 11) is 3.54. The molecule has 104 valence electrons. The van der Waals surface area contributed by atoms with E-state index in [2.05, 4.69) is 34.6 Å². The molecule has 0 saturated carbocycles. The number of ether oxygens (including phenoxy) is 1. The lowest BCUT2D eigenvalue weighted by Crippen LogP contribution is -2.33. The molecule has 0 aliphatic carbocycles. The van der Waals surface area contributed by atoms with Crippen LogP contribution in [-0.4, -0.2) is 46.0 Å². The van der Waals surface area contributed by atoms with Crippen molar-refractivity contribution in [3.63, 3.8) is 0 Å². The minimum atomic E-state index is 0.297. The largest absolute Gasteiger partial charge is 0.382 e. The van der Waals surface area contributed by atoms with Gasteiger partial charge in [0.15, 0.2) is 5.82 Å². The van der Waals surface area contributed by atoms with Crippen LogP contribution in [-0.2, 0) is 18.2 Å². The van der Waals surface area contributed by atoms with Crippen LogP contribution in [0, 0.1) is 0 Å². The molecule has 2 atom stereocenters. The average molecular weight is 255 g/mol. The van der Waals surface area contributed by atoms with Gasteiger partial charge in [-0.1, -0.05) is 6.92 Å². The third kappa shape index (κ3) is 5.55. The number of hydrogen-bond acceptors (Lipinski definition) is 5. The highest BCUT2D eigenvalue weighted by molar-refractivity contribution is 4.84. The second kappa shape index (κ2) is 8.16. The van der Waals surface area contributed by atoms with Gasteiger partial charge in [-0.2, -0.15) is 4.80 Å². The average Bonchev–Trinajstić information content (AvgIpc) is 2.77. The molecule has 6 nitrogen and oxygen atoms in total. The van der Waals surface area contributed by atoms with E-state index in [1.54, 1.807) is 14.2 Å². The number of nitrogens with one attached hydrogen (secondary N) is 1. The maximum absolute atomic E-state index is 5.28. The molecule has 0 amide bonds. The van der Waals surface area contributed by atoms with Gasteiger partial charge in [-0.25, -0.2) is 0 Å². The zero-order valence-electron chi connectivity index (χ0n) is 11.9. The van der Waals surface area contributed by atoms with Crippen molar-refractivity contribution in [2.75, 3.05) is 13.7 Å². The summed E-state index contributed by atoms with van der Waals surface area (Å²) in [6.45, 7) is 5.28. The van der Waals surface area contributed by atoms with E-state index in [4.69, 9.17) is 4.74 Å². The van der Waals surface area contributed by atoms with E-state index >= 15 is 0 Å². The summed E-state index contributed by atoms with van der Waals surface area (Å²) in [6, 6.07) is 0.395. The molecule has 0 fully saturated rings. The molecule has 0 aromatic carbocycles. The Balaban J connectivity index is 2.44. The molecule has 1 N–H and O–H groups in total. The van der Waals surface area contributed by atoms with Crippen LogP contribution in [0.25, 0.3) is 0 Å². The SMILES string of the molecule is CCCNC(CCC(C)OC)Cc1nnn(C)n1. The maximum Gasteiger partial charge on any atom is 0.176 e. The van der Waals surface area contributed by atoms with Crippen LogP contribution in [0.15, 0.2) is 0 Å². The summed E-state index contributed by atoms with van der Waals surface area (Å²) in [5.74, 6) is 0.802. The Morgan fingerprint density at radius 1 is 1.39 bits per heavy atom. The molecule has 2 unspecified atom stereocenters. The molecule has 18 heavy (non-hydrogen) atoms. The minimum Gasteiger partial charge on any atom is -0.382 e. The first-order valence-corrected chi connectivity index (χ1v) is 6.64. The second-order valence-electron chi connectivity index (χ2n) is 4.67. The normalized spacial score (nSPS) is 14.7. The van der Waals surface area contributed by atoms with Crippen LogP contribution < -0.4 is 5.32 Å². The van der Waals surface area contributed by atoms with Crippen molar-refractivity contribution in [3.8, 4) is 0 Å². The highest BCUT2D eigenvalue weighted by atomic mass is 16.5. The van der Waals surface area contributed by atoms with E-state index in [9.17, 15) is 0 Å². The second-order valence-corrected chi connectivity index (χ2v) is 4.67. The van der Waals surface area contributed by atoms with E-state index < -0.39 is 0 Å². The molecule has 1 rings (SSSR count). The van der Waals surface area contributed by atoms with Crippen molar-refractivity contribution >= 4 is 0 Å². The van der Waals surface area contributed by atoms with Crippen LogP contribution in [0.3, 0.4) is 0 Å². The van der Waals surface area contributed by atoms with Gasteiger partial charge in [0, 0.05) is 19.6 Å². The topological polar surface area (TPSA) is 64.9 Å². The summed E-state index contributed by atoms with van der Waals surface area (Å²) in [4.78, 5) is 1.50. The number of rotatable bonds is 9. The molecule has 6 heteroatoms. The van der Waals surface area contributed by atoms with Gasteiger partial charge in [0.25, 0.3) is 0 Å². The third-order valence-electron chi connectivity index (χ3n) is 2.99. The Hall–Kier alpha value is -1.01. The van der Waals surface area contributed by atoms with Crippen LogP contribution in [0.4, 0.5) is 0 Å². The Bertz CT molecular complexity index is 328. The molecule has 0 radical (unpaired) electrons. The van der Waals surface area contributed by atoms with E-state index in [1.807, 2.05) is 0 Å². The van der Waals surface area contributed by atoms with Crippen molar-refractivity contribution < 1.29 is 4.74 Å². The number of hydrogen-bond donors (Lipinski definition) is 1. The number of nitrogens with zero attached hydrogens (tertiary/aromatic N) is 4. The standard InChI is InChI=1S/C12H25N5O/c1-5-8-13-11(7-6-10(2)18-4)9-12-14-16-17(3)15-12/h10-11,13H,5-9H2,1-4H3. The zero-order chi connectivity index (χ0) is 13.4. The smallest absolute Gasteiger partial charge is 0.176 e. The van der Waals surface area contributed by atoms with Gasteiger partial charge >= 0.3 is 0 Å². The maximum atomic E-state index is 5.28. The molecule has 0 saturated heterocycles. The van der Waals surface area contributed by atoms with Crippen LogP contribution in [0.5, 0.6) is 0 Å². The molecule has 1 aromatic rings. The van der Waals surface area contributed by atoms with Gasteiger partial charge in [-0.05, 0) is 37.9 Å². The number of aryl methyl sites for hydroxylation is 1. The van der Waals surface area contributed by atoms with Gasteiger partial charge in [0.1, 0.15) is 0 Å². The first-order valence-electron chi connectivity index (χ1n) is 6.64. The predicted molar refractivity (Wildman–Crippen MR) is 70.3 cm³/mol. The third-order valence-corrected chi connectivity index (χ3v) is 2.99. The highest BCUT2D eigenvalue weighted by Gasteiger charge is 2.13. The molecular weight excluding hydrogens is 230 g/mol. The van der Waals surface area contributed by atoms with Gasteiger partial charge in [0.05, 0.1) is 13.2 Å². The molecule has 1 aromatic heterocycles. The lowest BCUT2D eigenvalue weighted by Gasteiger charge is -2.18. The van der Waals surface area contributed by atoms with E-state index in [0.717, 1.165) is 38.1 Å². The lowest BCUT2D eigenvalue weighted by molar-refractivity contribution is 0.106. The fourth-order valence-corrected chi connectivity index (χ4v) is 1.80.